The van der Waals surface area contributed by atoms with E-state index in [2.05, 4.69) is 4.72 Å². The topological polar surface area (TPSA) is 124 Å². The van der Waals surface area contributed by atoms with Crippen molar-refractivity contribution in [1.82, 2.24) is 0 Å². The quantitative estimate of drug-likeness (QED) is 0.643. The maximum absolute atomic E-state index is 11.2. The molecule has 112 valence electrons. The monoisotopic (exact) mass is 306 g/mol. The summed E-state index contributed by atoms with van der Waals surface area (Å²) in [6.07, 6.45) is 1.10. The predicted octanol–water partition coefficient (Wildman–Crippen LogP) is 1.78. The van der Waals surface area contributed by atoms with Gasteiger partial charge in [0.1, 0.15) is 0 Å². The highest BCUT2D eigenvalue weighted by molar-refractivity contribution is 7.92. The minimum absolute atomic E-state index is 0.461. The lowest BCUT2D eigenvalue weighted by Crippen LogP contribution is -2.09. The van der Waals surface area contributed by atoms with Gasteiger partial charge in [0.15, 0.2) is 0 Å². The van der Waals surface area contributed by atoms with Gasteiger partial charge in [-0.2, -0.15) is 0 Å². The Morgan fingerprint density at radius 2 is 1.57 bits per heavy atom. The first-order chi connectivity index (χ1) is 9.69. The third-order valence-electron chi connectivity index (χ3n) is 3.22. The van der Waals surface area contributed by atoms with Gasteiger partial charge >= 0.3 is 0 Å². The minimum atomic E-state index is -3.30. The van der Waals surface area contributed by atoms with Gasteiger partial charge in [-0.05, 0) is 36.2 Å². The molecule has 2 aromatic rings. The zero-order chi connectivity index (χ0) is 15.8. The number of nitrogens with one attached hydrogen (secondary N) is 1. The Morgan fingerprint density at radius 1 is 1.00 bits per heavy atom. The van der Waals surface area contributed by atoms with E-state index in [1.165, 1.54) is 0 Å². The van der Waals surface area contributed by atoms with E-state index < -0.39 is 10.0 Å². The molecular weight excluding hydrogens is 288 g/mol. The molecule has 0 spiro atoms. The summed E-state index contributed by atoms with van der Waals surface area (Å²) in [6, 6.07) is 8.59. The number of rotatable bonds is 3. The summed E-state index contributed by atoms with van der Waals surface area (Å²) in [5.41, 5.74) is 22.1. The second-order valence-electron chi connectivity index (χ2n) is 4.92. The molecule has 0 fully saturated rings. The maximum atomic E-state index is 11.2. The van der Waals surface area contributed by atoms with Gasteiger partial charge in [0.25, 0.3) is 0 Å². The van der Waals surface area contributed by atoms with Crippen LogP contribution in [0.2, 0.25) is 0 Å². The van der Waals surface area contributed by atoms with E-state index in [9.17, 15) is 8.42 Å². The van der Waals surface area contributed by atoms with Crippen molar-refractivity contribution < 1.29 is 8.42 Å². The SMILES string of the molecule is Cc1c(N)cc(-c2ccc(NS(C)(=O)=O)cc2)c(N)c1N. The molecule has 0 aliphatic heterocycles. The van der Waals surface area contributed by atoms with Crippen LogP contribution in [0.15, 0.2) is 30.3 Å². The molecule has 0 aliphatic carbocycles. The molecule has 0 saturated carbocycles. The van der Waals surface area contributed by atoms with Gasteiger partial charge < -0.3 is 17.2 Å². The molecule has 0 heterocycles. The van der Waals surface area contributed by atoms with Gasteiger partial charge in [-0.15, -0.1) is 0 Å². The van der Waals surface area contributed by atoms with Crippen molar-refractivity contribution in [2.24, 2.45) is 0 Å². The number of nitrogen functional groups attached to an aromatic ring is 3. The fraction of sp³-hybridized carbons (Fsp3) is 0.143. The Labute approximate surface area is 124 Å². The summed E-state index contributed by atoms with van der Waals surface area (Å²) >= 11 is 0. The summed E-state index contributed by atoms with van der Waals surface area (Å²) in [5, 5.41) is 0. The van der Waals surface area contributed by atoms with E-state index in [4.69, 9.17) is 17.2 Å². The van der Waals surface area contributed by atoms with Crippen LogP contribution in [0.25, 0.3) is 11.1 Å². The van der Waals surface area contributed by atoms with Crippen molar-refractivity contribution in [1.29, 1.82) is 0 Å². The molecule has 2 rings (SSSR count). The maximum Gasteiger partial charge on any atom is 0.229 e. The van der Waals surface area contributed by atoms with E-state index >= 15 is 0 Å². The molecule has 7 heteroatoms. The Morgan fingerprint density at radius 3 is 2.10 bits per heavy atom. The van der Waals surface area contributed by atoms with Gasteiger partial charge in [0, 0.05) is 16.9 Å². The molecular formula is C14H18N4O2S. The molecule has 21 heavy (non-hydrogen) atoms. The Kier molecular flexibility index (Phi) is 3.69. The molecule has 6 nitrogen and oxygen atoms in total. The number of anilines is 4. The van der Waals surface area contributed by atoms with Crippen LogP contribution in [0.5, 0.6) is 0 Å². The average Bonchev–Trinajstić information content (AvgIpc) is 2.40. The fourth-order valence-corrected chi connectivity index (χ4v) is 2.58. The third-order valence-corrected chi connectivity index (χ3v) is 3.82. The van der Waals surface area contributed by atoms with Crippen LogP contribution in [-0.4, -0.2) is 14.7 Å². The van der Waals surface area contributed by atoms with Crippen LogP contribution < -0.4 is 21.9 Å². The summed E-state index contributed by atoms with van der Waals surface area (Å²) in [4.78, 5) is 0. The summed E-state index contributed by atoms with van der Waals surface area (Å²) < 4.78 is 24.7. The number of hydrogen-bond acceptors (Lipinski definition) is 5. The van der Waals surface area contributed by atoms with E-state index in [0.717, 1.165) is 22.9 Å². The van der Waals surface area contributed by atoms with Crippen LogP contribution in [0.4, 0.5) is 22.7 Å². The van der Waals surface area contributed by atoms with Crippen LogP contribution in [0, 0.1) is 6.92 Å². The lowest BCUT2D eigenvalue weighted by molar-refractivity contribution is 0.607. The molecule has 0 aliphatic rings. The van der Waals surface area contributed by atoms with Crippen LogP contribution in [0.1, 0.15) is 5.56 Å². The molecule has 0 amide bonds. The van der Waals surface area contributed by atoms with Crippen molar-refractivity contribution >= 4 is 32.8 Å². The summed E-state index contributed by atoms with van der Waals surface area (Å²) in [5.74, 6) is 0. The van der Waals surface area contributed by atoms with E-state index in [-0.39, 0.29) is 0 Å². The van der Waals surface area contributed by atoms with E-state index in [1.54, 1.807) is 30.3 Å². The zero-order valence-corrected chi connectivity index (χ0v) is 12.7. The predicted molar refractivity (Wildman–Crippen MR) is 88.3 cm³/mol. The summed E-state index contributed by atoms with van der Waals surface area (Å²) in [7, 11) is -3.30. The molecule has 2 aromatic carbocycles. The lowest BCUT2D eigenvalue weighted by atomic mass is 9.99. The first-order valence-corrected chi connectivity index (χ1v) is 8.10. The Balaban J connectivity index is 2.44. The first kappa shape index (κ1) is 15.0. The summed E-state index contributed by atoms with van der Waals surface area (Å²) in [6.45, 7) is 1.81. The van der Waals surface area contributed by atoms with Crippen molar-refractivity contribution in [3.63, 3.8) is 0 Å². The van der Waals surface area contributed by atoms with Gasteiger partial charge in [0.05, 0.1) is 17.6 Å². The number of sulfonamides is 1. The van der Waals surface area contributed by atoms with Crippen LogP contribution in [-0.2, 0) is 10.0 Å². The van der Waals surface area contributed by atoms with Gasteiger partial charge in [-0.1, -0.05) is 12.1 Å². The lowest BCUT2D eigenvalue weighted by Gasteiger charge is -2.14. The van der Waals surface area contributed by atoms with E-state index in [1.807, 2.05) is 6.92 Å². The van der Waals surface area contributed by atoms with E-state index in [0.29, 0.717) is 22.7 Å². The standard InChI is InChI=1S/C14H18N4O2S/c1-8-12(15)7-11(14(17)13(8)16)9-3-5-10(6-4-9)18-21(2,19)20/h3-7,18H,15-17H2,1-2H3. The third kappa shape index (κ3) is 3.19. The van der Waals surface area contributed by atoms with Crippen LogP contribution >= 0.6 is 0 Å². The second-order valence-corrected chi connectivity index (χ2v) is 6.67. The molecule has 0 unspecified atom stereocenters. The molecule has 7 N–H and O–H groups in total. The average molecular weight is 306 g/mol. The highest BCUT2D eigenvalue weighted by atomic mass is 32.2. The molecule has 0 radical (unpaired) electrons. The number of nitrogens with two attached hydrogens (primary N) is 3. The number of benzene rings is 2. The Hall–Kier alpha value is -2.41. The minimum Gasteiger partial charge on any atom is -0.398 e. The van der Waals surface area contributed by atoms with Crippen molar-refractivity contribution in [2.75, 3.05) is 28.2 Å². The van der Waals surface area contributed by atoms with Gasteiger partial charge in [-0.3, -0.25) is 4.72 Å². The Bertz CT molecular complexity index is 784. The van der Waals surface area contributed by atoms with Crippen LogP contribution in [0.3, 0.4) is 0 Å². The number of hydrogen-bond donors (Lipinski definition) is 4. The molecule has 0 aromatic heterocycles. The van der Waals surface area contributed by atoms with Gasteiger partial charge in [0.2, 0.25) is 10.0 Å². The van der Waals surface area contributed by atoms with Crippen molar-refractivity contribution in [3.8, 4) is 11.1 Å². The van der Waals surface area contributed by atoms with Gasteiger partial charge in [-0.25, -0.2) is 8.42 Å². The zero-order valence-electron chi connectivity index (χ0n) is 11.8. The first-order valence-electron chi connectivity index (χ1n) is 6.21. The molecule has 0 saturated heterocycles. The largest absolute Gasteiger partial charge is 0.398 e. The normalized spacial score (nSPS) is 11.3. The smallest absolute Gasteiger partial charge is 0.229 e. The highest BCUT2D eigenvalue weighted by Gasteiger charge is 2.11. The molecule has 0 bridgehead atoms. The van der Waals surface area contributed by atoms with Crippen molar-refractivity contribution in [2.45, 2.75) is 6.92 Å². The highest BCUT2D eigenvalue weighted by Crippen LogP contribution is 2.36. The van der Waals surface area contributed by atoms with Crippen molar-refractivity contribution in [3.05, 3.63) is 35.9 Å². The fourth-order valence-electron chi connectivity index (χ4n) is 2.01. The second kappa shape index (κ2) is 5.17. The molecule has 0 atom stereocenters.